The standard InChI is InChI=1S/C18H27NO2/c1-2-3-4-12-19(16-8-10-17(20)11-9-16)14-15-6-5-7-18(21)13-15/h2,5-7,13,16-17,20-21H,1,3-4,8-12,14H2. The first-order valence-corrected chi connectivity index (χ1v) is 8.00. The number of aromatic hydroxyl groups is 1. The minimum Gasteiger partial charge on any atom is -0.508 e. The molecule has 116 valence electrons. The van der Waals surface area contributed by atoms with Gasteiger partial charge in [-0.25, -0.2) is 0 Å². The molecule has 0 bridgehead atoms. The van der Waals surface area contributed by atoms with Crippen LogP contribution >= 0.6 is 0 Å². The number of unbranched alkanes of at least 4 members (excludes halogenated alkanes) is 1. The van der Waals surface area contributed by atoms with Crippen LogP contribution in [0.25, 0.3) is 0 Å². The second-order valence-electron chi connectivity index (χ2n) is 6.03. The van der Waals surface area contributed by atoms with Crippen molar-refractivity contribution < 1.29 is 10.2 Å². The summed E-state index contributed by atoms with van der Waals surface area (Å²) in [5, 5.41) is 19.3. The Morgan fingerprint density at radius 3 is 2.67 bits per heavy atom. The first-order valence-electron chi connectivity index (χ1n) is 8.00. The van der Waals surface area contributed by atoms with Gasteiger partial charge in [0.25, 0.3) is 0 Å². The summed E-state index contributed by atoms with van der Waals surface area (Å²) < 4.78 is 0. The molecular weight excluding hydrogens is 262 g/mol. The van der Waals surface area contributed by atoms with Crippen LogP contribution in [0.5, 0.6) is 5.75 Å². The smallest absolute Gasteiger partial charge is 0.115 e. The molecule has 0 saturated heterocycles. The highest BCUT2D eigenvalue weighted by atomic mass is 16.3. The Morgan fingerprint density at radius 2 is 2.00 bits per heavy atom. The van der Waals surface area contributed by atoms with E-state index >= 15 is 0 Å². The lowest BCUT2D eigenvalue weighted by Crippen LogP contribution is -2.39. The summed E-state index contributed by atoms with van der Waals surface area (Å²) in [7, 11) is 0. The third-order valence-electron chi connectivity index (χ3n) is 4.33. The number of phenolic OH excluding ortho intramolecular Hbond substituents is 1. The van der Waals surface area contributed by atoms with E-state index < -0.39 is 0 Å². The lowest BCUT2D eigenvalue weighted by atomic mass is 9.91. The zero-order valence-corrected chi connectivity index (χ0v) is 12.7. The molecule has 0 atom stereocenters. The number of hydrogen-bond donors (Lipinski definition) is 2. The van der Waals surface area contributed by atoms with Crippen LogP contribution in [-0.2, 0) is 6.54 Å². The highest BCUT2D eigenvalue weighted by Gasteiger charge is 2.24. The van der Waals surface area contributed by atoms with Gasteiger partial charge in [0.1, 0.15) is 5.75 Å². The molecule has 0 unspecified atom stereocenters. The van der Waals surface area contributed by atoms with Gasteiger partial charge in [0.15, 0.2) is 0 Å². The second kappa shape index (κ2) is 8.20. The monoisotopic (exact) mass is 289 g/mol. The molecule has 3 nitrogen and oxygen atoms in total. The number of phenols is 1. The summed E-state index contributed by atoms with van der Waals surface area (Å²) in [5.41, 5.74) is 1.15. The van der Waals surface area contributed by atoms with Gasteiger partial charge < -0.3 is 10.2 Å². The van der Waals surface area contributed by atoms with Gasteiger partial charge in [-0.1, -0.05) is 18.2 Å². The van der Waals surface area contributed by atoms with E-state index in [1.165, 1.54) is 0 Å². The van der Waals surface area contributed by atoms with Crippen molar-refractivity contribution in [2.75, 3.05) is 6.54 Å². The van der Waals surface area contributed by atoms with Crippen molar-refractivity contribution in [2.45, 2.75) is 57.2 Å². The van der Waals surface area contributed by atoms with Crippen LogP contribution in [0.3, 0.4) is 0 Å². The molecule has 1 aliphatic carbocycles. The van der Waals surface area contributed by atoms with E-state index in [1.807, 2.05) is 18.2 Å². The van der Waals surface area contributed by atoms with E-state index in [2.05, 4.69) is 17.5 Å². The maximum atomic E-state index is 9.68. The van der Waals surface area contributed by atoms with Gasteiger partial charge in [-0.15, -0.1) is 6.58 Å². The molecule has 0 heterocycles. The van der Waals surface area contributed by atoms with Crippen LogP contribution in [0.15, 0.2) is 36.9 Å². The molecule has 21 heavy (non-hydrogen) atoms. The van der Waals surface area contributed by atoms with E-state index in [0.29, 0.717) is 11.8 Å². The van der Waals surface area contributed by atoms with E-state index in [9.17, 15) is 10.2 Å². The number of hydrogen-bond acceptors (Lipinski definition) is 3. The summed E-state index contributed by atoms with van der Waals surface area (Å²) >= 11 is 0. The van der Waals surface area contributed by atoms with Gasteiger partial charge in [0.05, 0.1) is 6.10 Å². The molecule has 0 radical (unpaired) electrons. The van der Waals surface area contributed by atoms with Crippen LogP contribution in [0.4, 0.5) is 0 Å². The van der Waals surface area contributed by atoms with Crippen LogP contribution in [0.1, 0.15) is 44.1 Å². The lowest BCUT2D eigenvalue weighted by molar-refractivity contribution is 0.0697. The van der Waals surface area contributed by atoms with Crippen molar-refractivity contribution in [3.05, 3.63) is 42.5 Å². The summed E-state index contributed by atoms with van der Waals surface area (Å²) in [5.74, 6) is 0.331. The van der Waals surface area contributed by atoms with E-state index in [0.717, 1.165) is 57.2 Å². The number of allylic oxidation sites excluding steroid dienone is 1. The van der Waals surface area contributed by atoms with Crippen molar-refractivity contribution in [3.8, 4) is 5.75 Å². The predicted octanol–water partition coefficient (Wildman–Crippen LogP) is 3.46. The average molecular weight is 289 g/mol. The maximum Gasteiger partial charge on any atom is 0.115 e. The SMILES string of the molecule is C=CCCCN(Cc1cccc(O)c1)C1CCC(O)CC1. The van der Waals surface area contributed by atoms with Crippen LogP contribution in [0, 0.1) is 0 Å². The van der Waals surface area contributed by atoms with Gasteiger partial charge in [0.2, 0.25) is 0 Å². The highest BCUT2D eigenvalue weighted by molar-refractivity contribution is 5.27. The number of benzene rings is 1. The van der Waals surface area contributed by atoms with Gasteiger partial charge >= 0.3 is 0 Å². The van der Waals surface area contributed by atoms with E-state index in [1.54, 1.807) is 6.07 Å². The number of rotatable bonds is 7. The number of aliphatic hydroxyl groups is 1. The maximum absolute atomic E-state index is 9.68. The Labute approximate surface area is 127 Å². The highest BCUT2D eigenvalue weighted by Crippen LogP contribution is 2.25. The molecule has 2 rings (SSSR count). The quantitative estimate of drug-likeness (QED) is 0.597. The Kier molecular flexibility index (Phi) is 6.27. The largest absolute Gasteiger partial charge is 0.508 e. The van der Waals surface area contributed by atoms with Gasteiger partial charge in [0, 0.05) is 12.6 Å². The number of nitrogens with zero attached hydrogens (tertiary/aromatic N) is 1. The van der Waals surface area contributed by atoms with Gasteiger partial charge in [-0.2, -0.15) is 0 Å². The summed E-state index contributed by atoms with van der Waals surface area (Å²) in [6, 6.07) is 8.07. The fraction of sp³-hybridized carbons (Fsp3) is 0.556. The molecule has 0 spiro atoms. The first kappa shape index (κ1) is 16.1. The van der Waals surface area contributed by atoms with Crippen LogP contribution < -0.4 is 0 Å². The fourth-order valence-corrected chi connectivity index (χ4v) is 3.14. The van der Waals surface area contributed by atoms with Crippen molar-refractivity contribution >= 4 is 0 Å². The van der Waals surface area contributed by atoms with Crippen molar-refractivity contribution in [2.24, 2.45) is 0 Å². The third-order valence-corrected chi connectivity index (χ3v) is 4.33. The van der Waals surface area contributed by atoms with E-state index in [-0.39, 0.29) is 6.10 Å². The fourth-order valence-electron chi connectivity index (χ4n) is 3.14. The Hall–Kier alpha value is -1.32. The molecule has 2 N–H and O–H groups in total. The molecule has 1 aromatic carbocycles. The van der Waals surface area contributed by atoms with Crippen LogP contribution in [0.2, 0.25) is 0 Å². The minimum atomic E-state index is -0.114. The lowest BCUT2D eigenvalue weighted by Gasteiger charge is -2.36. The third kappa shape index (κ3) is 5.18. The zero-order valence-electron chi connectivity index (χ0n) is 12.7. The summed E-state index contributed by atoms with van der Waals surface area (Å²) in [6.45, 7) is 5.70. The second-order valence-corrected chi connectivity index (χ2v) is 6.03. The zero-order chi connectivity index (χ0) is 15.1. The summed E-state index contributed by atoms with van der Waals surface area (Å²) in [6.07, 6.45) is 7.94. The van der Waals surface area contributed by atoms with Crippen LogP contribution in [-0.4, -0.2) is 33.8 Å². The number of aliphatic hydroxyl groups excluding tert-OH is 1. The molecule has 1 aliphatic rings. The van der Waals surface area contributed by atoms with Crippen molar-refractivity contribution in [3.63, 3.8) is 0 Å². The van der Waals surface area contributed by atoms with E-state index in [4.69, 9.17) is 0 Å². The predicted molar refractivity (Wildman–Crippen MR) is 86.2 cm³/mol. The molecule has 1 fully saturated rings. The molecule has 1 saturated carbocycles. The van der Waals surface area contributed by atoms with Crippen molar-refractivity contribution in [1.82, 2.24) is 4.90 Å². The Bertz CT molecular complexity index is 439. The van der Waals surface area contributed by atoms with Gasteiger partial charge in [-0.05, 0) is 62.8 Å². The molecule has 0 aliphatic heterocycles. The molecule has 0 aromatic heterocycles. The molecule has 3 heteroatoms. The summed E-state index contributed by atoms with van der Waals surface area (Å²) in [4.78, 5) is 2.50. The Morgan fingerprint density at radius 1 is 1.24 bits per heavy atom. The van der Waals surface area contributed by atoms with Gasteiger partial charge in [-0.3, -0.25) is 4.90 Å². The average Bonchev–Trinajstić information content (AvgIpc) is 2.47. The molecular formula is C18H27NO2. The molecule has 0 amide bonds. The first-order chi connectivity index (χ1) is 10.2. The molecule has 1 aromatic rings. The Balaban J connectivity index is 1.99. The van der Waals surface area contributed by atoms with Crippen molar-refractivity contribution in [1.29, 1.82) is 0 Å². The minimum absolute atomic E-state index is 0.114. The topological polar surface area (TPSA) is 43.7 Å². The normalized spacial score (nSPS) is 22.4.